The van der Waals surface area contributed by atoms with Crippen molar-refractivity contribution in [2.24, 2.45) is 0 Å². The van der Waals surface area contributed by atoms with Gasteiger partial charge in [0.15, 0.2) is 0 Å². The number of aromatic nitrogens is 4. The molecule has 4 heterocycles. The molecular formula is C19H23N5OS. The smallest absolute Gasteiger partial charge is 0.235 e. The highest BCUT2D eigenvalue weighted by Gasteiger charge is 2.24. The van der Waals surface area contributed by atoms with E-state index in [1.54, 1.807) is 23.9 Å². The molecule has 3 aromatic heterocycles. The second-order valence-corrected chi connectivity index (χ2v) is 7.80. The molecule has 136 valence electrons. The predicted molar refractivity (Wildman–Crippen MR) is 104 cm³/mol. The van der Waals surface area contributed by atoms with Gasteiger partial charge in [-0.15, -0.1) is 11.3 Å². The molecule has 26 heavy (non-hydrogen) atoms. The monoisotopic (exact) mass is 369 g/mol. The van der Waals surface area contributed by atoms with Crippen molar-refractivity contribution < 1.29 is 4.74 Å². The number of hydrogen-bond acceptors (Lipinski definition) is 7. The van der Waals surface area contributed by atoms with Crippen LogP contribution in [0.4, 0.5) is 5.82 Å². The molecular weight excluding hydrogens is 346 g/mol. The Hall–Kier alpha value is -2.28. The first-order valence-corrected chi connectivity index (χ1v) is 9.91. The summed E-state index contributed by atoms with van der Waals surface area (Å²) in [5.74, 6) is 1.72. The lowest BCUT2D eigenvalue weighted by atomic mass is 10.1. The van der Waals surface area contributed by atoms with Gasteiger partial charge in [0.25, 0.3) is 0 Å². The Labute approximate surface area is 157 Å². The van der Waals surface area contributed by atoms with Crippen molar-refractivity contribution in [3.63, 3.8) is 0 Å². The zero-order valence-electron chi connectivity index (χ0n) is 15.4. The Morgan fingerprint density at radius 2 is 2.00 bits per heavy atom. The Morgan fingerprint density at radius 1 is 1.19 bits per heavy atom. The minimum absolute atomic E-state index is 0.173. The van der Waals surface area contributed by atoms with Crippen molar-refractivity contribution in [3.8, 4) is 5.88 Å². The molecule has 0 amide bonds. The van der Waals surface area contributed by atoms with Crippen LogP contribution in [0.25, 0.3) is 10.2 Å². The van der Waals surface area contributed by atoms with E-state index in [0.29, 0.717) is 5.88 Å². The van der Waals surface area contributed by atoms with Crippen LogP contribution in [0.15, 0.2) is 18.6 Å². The van der Waals surface area contributed by atoms with Crippen LogP contribution in [0, 0.1) is 13.8 Å². The third-order valence-corrected chi connectivity index (χ3v) is 5.95. The summed E-state index contributed by atoms with van der Waals surface area (Å²) in [4.78, 5) is 22.6. The molecule has 0 atom stereocenters. The molecule has 0 aliphatic carbocycles. The molecule has 1 aliphatic heterocycles. The zero-order chi connectivity index (χ0) is 18.1. The van der Waals surface area contributed by atoms with Gasteiger partial charge in [-0.2, -0.15) is 0 Å². The van der Waals surface area contributed by atoms with Crippen molar-refractivity contribution >= 4 is 27.4 Å². The molecule has 1 fully saturated rings. The van der Waals surface area contributed by atoms with E-state index in [1.165, 1.54) is 10.3 Å². The topological polar surface area (TPSA) is 64.0 Å². The van der Waals surface area contributed by atoms with Crippen LogP contribution in [0.2, 0.25) is 0 Å². The summed E-state index contributed by atoms with van der Waals surface area (Å²) >= 11 is 1.76. The number of fused-ring (bicyclic) bond motifs is 1. The fourth-order valence-electron chi connectivity index (χ4n) is 3.29. The van der Waals surface area contributed by atoms with Crippen molar-refractivity contribution in [2.45, 2.75) is 46.1 Å². The summed E-state index contributed by atoms with van der Waals surface area (Å²) in [5, 5.41) is 1.18. The maximum absolute atomic E-state index is 6.13. The van der Waals surface area contributed by atoms with Crippen molar-refractivity contribution in [1.82, 2.24) is 19.9 Å². The highest BCUT2D eigenvalue weighted by Crippen LogP contribution is 2.32. The van der Waals surface area contributed by atoms with Crippen LogP contribution in [-0.2, 0) is 6.42 Å². The number of aryl methyl sites for hydroxylation is 3. The molecule has 0 spiro atoms. The summed E-state index contributed by atoms with van der Waals surface area (Å²) in [6, 6.07) is 2.24. The lowest BCUT2D eigenvalue weighted by molar-refractivity contribution is 0.161. The van der Waals surface area contributed by atoms with E-state index in [2.05, 4.69) is 37.8 Å². The quantitative estimate of drug-likeness (QED) is 0.698. The lowest BCUT2D eigenvalue weighted by Gasteiger charge is -2.33. The molecule has 0 aromatic carbocycles. The molecule has 6 nitrogen and oxygen atoms in total. The van der Waals surface area contributed by atoms with Crippen LogP contribution in [0.5, 0.6) is 5.88 Å². The van der Waals surface area contributed by atoms with E-state index in [4.69, 9.17) is 4.74 Å². The van der Waals surface area contributed by atoms with Gasteiger partial charge >= 0.3 is 0 Å². The summed E-state index contributed by atoms with van der Waals surface area (Å²) < 4.78 is 6.13. The van der Waals surface area contributed by atoms with Crippen molar-refractivity contribution in [1.29, 1.82) is 0 Å². The second kappa shape index (κ2) is 7.15. The first-order valence-electron chi connectivity index (χ1n) is 9.09. The van der Waals surface area contributed by atoms with Gasteiger partial charge in [0, 0.05) is 37.0 Å². The molecule has 1 aliphatic rings. The lowest BCUT2D eigenvalue weighted by Crippen LogP contribution is -2.39. The Kier molecular flexibility index (Phi) is 4.72. The first kappa shape index (κ1) is 17.1. The number of hydrogen-bond donors (Lipinski definition) is 0. The summed E-state index contributed by atoms with van der Waals surface area (Å²) in [6.07, 6.45) is 6.56. The van der Waals surface area contributed by atoms with E-state index in [1.807, 2.05) is 13.8 Å². The molecule has 0 saturated carbocycles. The van der Waals surface area contributed by atoms with Crippen LogP contribution in [0.1, 0.15) is 36.0 Å². The highest BCUT2D eigenvalue weighted by atomic mass is 32.1. The largest absolute Gasteiger partial charge is 0.473 e. The van der Waals surface area contributed by atoms with E-state index in [-0.39, 0.29) is 6.10 Å². The average Bonchev–Trinajstić information content (AvgIpc) is 3.09. The number of nitrogens with zero attached hydrogens (tertiary/aromatic N) is 5. The third-order valence-electron chi connectivity index (χ3n) is 4.76. The standard InChI is InChI=1S/C19H23N5OS/c1-4-15-9-16-17(21-11-22-19(16)26-15)24-7-5-14(6-8-24)25-18-13(3)20-10-12(2)23-18/h9-11,14H,4-8H2,1-3H3. The minimum atomic E-state index is 0.173. The van der Waals surface area contributed by atoms with E-state index < -0.39 is 0 Å². The number of ether oxygens (including phenoxy) is 1. The number of piperidine rings is 1. The molecule has 0 unspecified atom stereocenters. The van der Waals surface area contributed by atoms with Gasteiger partial charge in [-0.05, 0) is 26.3 Å². The minimum Gasteiger partial charge on any atom is -0.473 e. The highest BCUT2D eigenvalue weighted by molar-refractivity contribution is 7.18. The molecule has 4 rings (SSSR count). The Morgan fingerprint density at radius 3 is 2.77 bits per heavy atom. The first-order chi connectivity index (χ1) is 12.6. The van der Waals surface area contributed by atoms with Gasteiger partial charge in [0.05, 0.1) is 16.8 Å². The van der Waals surface area contributed by atoms with Gasteiger partial charge in [-0.25, -0.2) is 15.0 Å². The molecule has 3 aromatic rings. The normalized spacial score (nSPS) is 15.6. The fourth-order valence-corrected chi connectivity index (χ4v) is 4.22. The van der Waals surface area contributed by atoms with Crippen LogP contribution in [-0.4, -0.2) is 39.1 Å². The predicted octanol–water partition coefficient (Wildman–Crippen LogP) is 3.71. The maximum Gasteiger partial charge on any atom is 0.235 e. The molecule has 0 radical (unpaired) electrons. The Balaban J connectivity index is 1.47. The summed E-state index contributed by atoms with van der Waals surface area (Å²) in [7, 11) is 0. The van der Waals surface area contributed by atoms with E-state index >= 15 is 0 Å². The summed E-state index contributed by atoms with van der Waals surface area (Å²) in [6.45, 7) is 7.90. The molecule has 7 heteroatoms. The molecule has 0 N–H and O–H groups in total. The van der Waals surface area contributed by atoms with Crippen LogP contribution in [0.3, 0.4) is 0 Å². The van der Waals surface area contributed by atoms with Crippen LogP contribution < -0.4 is 9.64 Å². The summed E-state index contributed by atoms with van der Waals surface area (Å²) in [5.41, 5.74) is 1.73. The fraction of sp³-hybridized carbons (Fsp3) is 0.474. The number of rotatable bonds is 4. The number of thiophene rings is 1. The second-order valence-electron chi connectivity index (χ2n) is 6.69. The van der Waals surface area contributed by atoms with E-state index in [0.717, 1.165) is 54.4 Å². The Bertz CT molecular complexity index is 917. The molecule has 1 saturated heterocycles. The van der Waals surface area contributed by atoms with Crippen molar-refractivity contribution in [3.05, 3.63) is 34.9 Å². The molecule has 0 bridgehead atoms. The van der Waals surface area contributed by atoms with E-state index in [9.17, 15) is 0 Å². The third kappa shape index (κ3) is 3.35. The van der Waals surface area contributed by atoms with Crippen molar-refractivity contribution in [2.75, 3.05) is 18.0 Å². The SMILES string of the molecule is CCc1cc2c(N3CCC(Oc4nc(C)cnc4C)CC3)ncnc2s1. The van der Waals surface area contributed by atoms with Gasteiger partial charge in [0.2, 0.25) is 5.88 Å². The van der Waals surface area contributed by atoms with Gasteiger partial charge < -0.3 is 9.64 Å². The number of anilines is 1. The van der Waals surface area contributed by atoms with Gasteiger partial charge in [-0.3, -0.25) is 4.98 Å². The zero-order valence-corrected chi connectivity index (χ0v) is 16.2. The van der Waals surface area contributed by atoms with Gasteiger partial charge in [-0.1, -0.05) is 6.92 Å². The maximum atomic E-state index is 6.13. The van der Waals surface area contributed by atoms with Crippen LogP contribution >= 0.6 is 11.3 Å². The van der Waals surface area contributed by atoms with Gasteiger partial charge in [0.1, 0.15) is 23.1 Å². The average molecular weight is 369 g/mol.